The molecule has 1 aromatic carbocycles. The molecule has 3 rings (SSSR count). The van der Waals surface area contributed by atoms with E-state index in [1.165, 1.54) is 5.56 Å². The summed E-state index contributed by atoms with van der Waals surface area (Å²) in [5.41, 5.74) is 2.23. The first-order valence-corrected chi connectivity index (χ1v) is 7.94. The van der Waals surface area contributed by atoms with Gasteiger partial charge in [0.15, 0.2) is 0 Å². The fourth-order valence-corrected chi connectivity index (χ4v) is 3.65. The Hall–Kier alpha value is -1.84. The number of rotatable bonds is 2. The highest BCUT2D eigenvalue weighted by Crippen LogP contribution is 2.47. The van der Waals surface area contributed by atoms with Gasteiger partial charge in [-0.25, -0.2) is 0 Å². The van der Waals surface area contributed by atoms with Crippen molar-refractivity contribution in [2.24, 2.45) is 17.3 Å². The Kier molecular flexibility index (Phi) is 3.50. The molecule has 1 aromatic rings. The Labute approximate surface area is 131 Å². The van der Waals surface area contributed by atoms with Gasteiger partial charge in [0.05, 0.1) is 11.8 Å². The van der Waals surface area contributed by atoms with E-state index in [1.54, 1.807) is 0 Å². The molecule has 0 radical (unpaired) electrons. The second kappa shape index (κ2) is 5.11. The van der Waals surface area contributed by atoms with Gasteiger partial charge in [-0.3, -0.25) is 9.59 Å². The van der Waals surface area contributed by atoms with Crippen molar-refractivity contribution in [2.75, 3.05) is 11.4 Å². The van der Waals surface area contributed by atoms with Crippen LogP contribution in [0.4, 0.5) is 5.69 Å². The van der Waals surface area contributed by atoms with Gasteiger partial charge in [-0.05, 0) is 29.9 Å². The van der Waals surface area contributed by atoms with Crippen LogP contribution in [0.1, 0.15) is 45.1 Å². The van der Waals surface area contributed by atoms with Gasteiger partial charge < -0.3 is 10.0 Å². The molecule has 0 bridgehead atoms. The van der Waals surface area contributed by atoms with Crippen LogP contribution in [0, 0.1) is 17.3 Å². The highest BCUT2D eigenvalue weighted by atomic mass is 16.4. The van der Waals surface area contributed by atoms with E-state index in [4.69, 9.17) is 0 Å². The van der Waals surface area contributed by atoms with E-state index in [9.17, 15) is 14.7 Å². The molecule has 1 N–H and O–H groups in total. The van der Waals surface area contributed by atoms with Gasteiger partial charge in [0.1, 0.15) is 0 Å². The maximum atomic E-state index is 12.8. The Morgan fingerprint density at radius 3 is 2.32 bits per heavy atom. The minimum absolute atomic E-state index is 0.0159. The molecule has 1 aliphatic carbocycles. The molecule has 0 aromatic heterocycles. The molecule has 1 saturated carbocycles. The summed E-state index contributed by atoms with van der Waals surface area (Å²) < 4.78 is 0. The summed E-state index contributed by atoms with van der Waals surface area (Å²) >= 11 is 0. The van der Waals surface area contributed by atoms with Gasteiger partial charge in [0, 0.05) is 18.2 Å². The van der Waals surface area contributed by atoms with E-state index in [2.05, 4.69) is 26.8 Å². The van der Waals surface area contributed by atoms with E-state index < -0.39 is 11.9 Å². The monoisotopic (exact) mass is 301 g/mol. The number of carboxylic acid groups (broad SMARTS) is 1. The van der Waals surface area contributed by atoms with Crippen molar-refractivity contribution in [3.05, 3.63) is 29.8 Å². The molecule has 3 atom stereocenters. The normalized spacial score (nSPS) is 27.2. The molecule has 4 heteroatoms. The van der Waals surface area contributed by atoms with E-state index in [0.717, 1.165) is 5.69 Å². The first-order chi connectivity index (χ1) is 10.3. The lowest BCUT2D eigenvalue weighted by Gasteiger charge is -2.35. The van der Waals surface area contributed by atoms with Crippen molar-refractivity contribution < 1.29 is 14.7 Å². The van der Waals surface area contributed by atoms with Crippen LogP contribution in [0.15, 0.2) is 24.3 Å². The molecule has 0 spiro atoms. The average molecular weight is 301 g/mol. The lowest BCUT2D eigenvalue weighted by atomic mass is 9.73. The largest absolute Gasteiger partial charge is 0.481 e. The number of fused-ring (bicyclic) bond motifs is 1. The van der Waals surface area contributed by atoms with Gasteiger partial charge in [0.25, 0.3) is 0 Å². The van der Waals surface area contributed by atoms with Crippen LogP contribution in [0.2, 0.25) is 0 Å². The molecular formula is C18H23NO3. The second-order valence-electron chi connectivity index (χ2n) is 7.55. The lowest BCUT2D eigenvalue weighted by molar-refractivity contribution is -0.152. The fourth-order valence-electron chi connectivity index (χ4n) is 3.65. The first-order valence-electron chi connectivity index (χ1n) is 7.94. The van der Waals surface area contributed by atoms with Crippen molar-refractivity contribution in [2.45, 2.75) is 39.5 Å². The molecule has 1 heterocycles. The zero-order valence-electron chi connectivity index (χ0n) is 13.4. The maximum Gasteiger partial charge on any atom is 0.307 e. The summed E-state index contributed by atoms with van der Waals surface area (Å²) in [6.07, 6.45) is 1.30. The zero-order valence-corrected chi connectivity index (χ0v) is 13.4. The minimum Gasteiger partial charge on any atom is -0.481 e. The van der Waals surface area contributed by atoms with Crippen molar-refractivity contribution in [1.29, 1.82) is 0 Å². The Morgan fingerprint density at radius 2 is 1.77 bits per heavy atom. The lowest BCUT2D eigenvalue weighted by Crippen LogP contribution is -2.46. The average Bonchev–Trinajstić information content (AvgIpc) is 2.75. The molecule has 118 valence electrons. The zero-order chi connectivity index (χ0) is 16.1. The number of carboxylic acids is 1. The van der Waals surface area contributed by atoms with E-state index in [0.29, 0.717) is 19.4 Å². The number of anilines is 1. The smallest absolute Gasteiger partial charge is 0.307 e. The van der Waals surface area contributed by atoms with Gasteiger partial charge in [-0.15, -0.1) is 0 Å². The van der Waals surface area contributed by atoms with Crippen molar-refractivity contribution in [3.63, 3.8) is 0 Å². The number of carbonyl (C=O) groups excluding carboxylic acids is 1. The van der Waals surface area contributed by atoms with E-state index >= 15 is 0 Å². The summed E-state index contributed by atoms with van der Waals surface area (Å²) in [6, 6.07) is 8.02. The molecule has 4 nitrogen and oxygen atoms in total. The number of para-hydroxylation sites is 1. The van der Waals surface area contributed by atoms with Crippen LogP contribution in [-0.4, -0.2) is 23.5 Å². The molecular weight excluding hydrogens is 278 g/mol. The summed E-state index contributed by atoms with van der Waals surface area (Å²) in [5, 5.41) is 9.20. The number of aliphatic carboxylic acids is 1. The fraction of sp³-hybridized carbons (Fsp3) is 0.556. The highest BCUT2D eigenvalue weighted by molar-refractivity contribution is 6.00. The predicted molar refractivity (Wildman–Crippen MR) is 84.8 cm³/mol. The first kappa shape index (κ1) is 15.1. The summed E-state index contributed by atoms with van der Waals surface area (Å²) in [5.74, 6) is -1.43. The number of hydrogen-bond acceptors (Lipinski definition) is 2. The second-order valence-corrected chi connectivity index (χ2v) is 7.55. The number of hydrogen-bond donors (Lipinski definition) is 1. The van der Waals surface area contributed by atoms with E-state index in [-0.39, 0.29) is 23.2 Å². The minimum atomic E-state index is -0.843. The molecule has 1 fully saturated rings. The quantitative estimate of drug-likeness (QED) is 0.912. The Balaban J connectivity index is 1.90. The molecule has 22 heavy (non-hydrogen) atoms. The van der Waals surface area contributed by atoms with Crippen LogP contribution in [0.3, 0.4) is 0 Å². The SMILES string of the molecule is CC(C)(C)C1CN(C(=O)C2CCC2C(=O)O)c2ccccc21. The molecule has 0 saturated heterocycles. The maximum absolute atomic E-state index is 12.8. The Morgan fingerprint density at radius 1 is 1.14 bits per heavy atom. The van der Waals surface area contributed by atoms with Crippen molar-refractivity contribution >= 4 is 17.6 Å². The molecule has 3 unspecified atom stereocenters. The van der Waals surface area contributed by atoms with E-state index in [1.807, 2.05) is 23.1 Å². The Bertz CT molecular complexity index is 617. The van der Waals surface area contributed by atoms with Crippen LogP contribution in [0.5, 0.6) is 0 Å². The number of nitrogens with zero attached hydrogens (tertiary/aromatic N) is 1. The van der Waals surface area contributed by atoms with Crippen molar-refractivity contribution in [1.82, 2.24) is 0 Å². The molecule has 1 amide bonds. The predicted octanol–water partition coefficient (Wildman–Crippen LogP) is 3.27. The molecule has 1 aliphatic heterocycles. The van der Waals surface area contributed by atoms with Crippen LogP contribution in [-0.2, 0) is 9.59 Å². The third-order valence-corrected chi connectivity index (χ3v) is 5.19. The molecule has 2 aliphatic rings. The van der Waals surface area contributed by atoms with Gasteiger partial charge in [0.2, 0.25) is 5.91 Å². The summed E-state index contributed by atoms with van der Waals surface area (Å²) in [6.45, 7) is 7.22. The van der Waals surface area contributed by atoms with Crippen LogP contribution in [0.25, 0.3) is 0 Å². The standard InChI is InChI=1S/C18H23NO3/c1-18(2,3)14-10-19(15-7-5-4-6-13(14)15)16(20)11-8-9-12(11)17(21)22/h4-7,11-12,14H,8-10H2,1-3H3,(H,21,22). The topological polar surface area (TPSA) is 57.6 Å². The third kappa shape index (κ3) is 2.31. The number of benzene rings is 1. The van der Waals surface area contributed by atoms with Crippen LogP contribution >= 0.6 is 0 Å². The van der Waals surface area contributed by atoms with Crippen LogP contribution < -0.4 is 4.90 Å². The third-order valence-electron chi connectivity index (χ3n) is 5.19. The number of amides is 1. The van der Waals surface area contributed by atoms with Gasteiger partial charge >= 0.3 is 5.97 Å². The number of carbonyl (C=O) groups is 2. The van der Waals surface area contributed by atoms with Gasteiger partial charge in [-0.2, -0.15) is 0 Å². The van der Waals surface area contributed by atoms with Gasteiger partial charge in [-0.1, -0.05) is 39.0 Å². The van der Waals surface area contributed by atoms with Crippen molar-refractivity contribution in [3.8, 4) is 0 Å². The summed E-state index contributed by atoms with van der Waals surface area (Å²) in [7, 11) is 0. The highest BCUT2D eigenvalue weighted by Gasteiger charge is 2.46. The summed E-state index contributed by atoms with van der Waals surface area (Å²) in [4.78, 5) is 25.9.